The number of anilines is 1. The molecule has 0 aliphatic carbocycles. The highest BCUT2D eigenvalue weighted by atomic mass is 32.2. The number of esters is 1. The number of ether oxygens (including phenoxy) is 1. The summed E-state index contributed by atoms with van der Waals surface area (Å²) in [6.07, 6.45) is 0.152. The second-order valence-corrected chi connectivity index (χ2v) is 6.92. The highest BCUT2D eigenvalue weighted by Crippen LogP contribution is 2.27. The third kappa shape index (κ3) is 4.82. The molecule has 0 atom stereocenters. The molecule has 1 aromatic rings. The van der Waals surface area contributed by atoms with Gasteiger partial charge in [-0.25, -0.2) is 13.2 Å². The quantitative estimate of drug-likeness (QED) is 0.736. The van der Waals surface area contributed by atoms with Crippen LogP contribution in [0.1, 0.15) is 28.1 Å². The molecule has 7 nitrogen and oxygen atoms in total. The molecule has 0 saturated carbocycles. The first-order chi connectivity index (χ1) is 9.25. The normalized spacial score (nSPS) is 11.1. The maximum Gasteiger partial charge on any atom is 0.346 e. The molecule has 0 saturated heterocycles. The lowest BCUT2D eigenvalue weighted by atomic mass is 10.3. The number of carboxylic acids is 1. The summed E-state index contributed by atoms with van der Waals surface area (Å²) in [5, 5.41) is 9.14. The van der Waals surface area contributed by atoms with Crippen LogP contribution in [0.2, 0.25) is 0 Å². The number of thiophene rings is 1. The number of carbonyl (C=O) groups excluding carboxylic acids is 1. The molecule has 0 fully saturated rings. The maximum atomic E-state index is 11.8. The Morgan fingerprint density at radius 3 is 2.60 bits per heavy atom. The summed E-state index contributed by atoms with van der Waals surface area (Å²) in [5.74, 6) is -1.80. The molecule has 2 N–H and O–H groups in total. The van der Waals surface area contributed by atoms with E-state index in [-0.39, 0.29) is 28.5 Å². The Kier molecular flexibility index (Phi) is 5.52. The van der Waals surface area contributed by atoms with Gasteiger partial charge in [0.1, 0.15) is 9.88 Å². The molecule has 20 heavy (non-hydrogen) atoms. The topological polar surface area (TPSA) is 110 Å². The number of nitrogens with one attached hydrogen (secondary N) is 1. The molecule has 0 spiro atoms. The van der Waals surface area contributed by atoms with E-state index in [0.29, 0.717) is 5.56 Å². The van der Waals surface area contributed by atoms with Gasteiger partial charge in [0.25, 0.3) is 0 Å². The van der Waals surface area contributed by atoms with Gasteiger partial charge in [-0.15, -0.1) is 11.3 Å². The Bertz CT molecular complexity index is 604. The van der Waals surface area contributed by atoms with Crippen LogP contribution in [0.15, 0.2) is 6.07 Å². The second kappa shape index (κ2) is 6.71. The fourth-order valence-corrected chi connectivity index (χ4v) is 3.76. The molecule has 1 rings (SSSR count). The number of methoxy groups -OCH3 is 1. The molecule has 0 amide bonds. The van der Waals surface area contributed by atoms with Crippen molar-refractivity contribution >= 4 is 38.3 Å². The molecule has 0 unspecified atom stereocenters. The maximum absolute atomic E-state index is 11.8. The minimum Gasteiger partial charge on any atom is -0.477 e. The van der Waals surface area contributed by atoms with Crippen LogP contribution in [0.4, 0.5) is 5.00 Å². The summed E-state index contributed by atoms with van der Waals surface area (Å²) < 4.78 is 30.2. The zero-order valence-electron chi connectivity index (χ0n) is 11.0. The van der Waals surface area contributed by atoms with E-state index in [1.165, 1.54) is 13.2 Å². The van der Waals surface area contributed by atoms with Gasteiger partial charge in [0.15, 0.2) is 0 Å². The fraction of sp³-hybridized carbons (Fsp3) is 0.455. The lowest BCUT2D eigenvalue weighted by molar-refractivity contribution is -0.140. The van der Waals surface area contributed by atoms with Crippen LogP contribution >= 0.6 is 11.3 Å². The van der Waals surface area contributed by atoms with Gasteiger partial charge < -0.3 is 9.84 Å². The Morgan fingerprint density at radius 2 is 2.10 bits per heavy atom. The first kappa shape index (κ1) is 16.4. The van der Waals surface area contributed by atoms with Gasteiger partial charge >= 0.3 is 11.9 Å². The minimum atomic E-state index is -3.61. The first-order valence-corrected chi connectivity index (χ1v) is 8.13. The van der Waals surface area contributed by atoms with E-state index >= 15 is 0 Å². The van der Waals surface area contributed by atoms with Crippen LogP contribution in [-0.2, 0) is 19.6 Å². The average Bonchev–Trinajstić information content (AvgIpc) is 2.68. The molecule has 0 aliphatic heterocycles. The first-order valence-electron chi connectivity index (χ1n) is 5.66. The molecule has 112 valence electrons. The van der Waals surface area contributed by atoms with Crippen molar-refractivity contribution in [1.29, 1.82) is 0 Å². The summed E-state index contributed by atoms with van der Waals surface area (Å²) in [7, 11) is -2.37. The van der Waals surface area contributed by atoms with Gasteiger partial charge in [-0.1, -0.05) is 0 Å². The van der Waals surface area contributed by atoms with Crippen LogP contribution < -0.4 is 4.72 Å². The molecule has 0 radical (unpaired) electrons. The van der Waals surface area contributed by atoms with Gasteiger partial charge in [0.05, 0.1) is 12.9 Å². The average molecular weight is 321 g/mol. The van der Waals surface area contributed by atoms with E-state index < -0.39 is 22.0 Å². The van der Waals surface area contributed by atoms with Crippen molar-refractivity contribution in [3.8, 4) is 0 Å². The van der Waals surface area contributed by atoms with Crippen molar-refractivity contribution in [2.45, 2.75) is 19.8 Å². The van der Waals surface area contributed by atoms with Crippen molar-refractivity contribution in [3.63, 3.8) is 0 Å². The number of sulfonamides is 1. The van der Waals surface area contributed by atoms with Crippen molar-refractivity contribution in [3.05, 3.63) is 16.5 Å². The van der Waals surface area contributed by atoms with Crippen LogP contribution in [0, 0.1) is 6.92 Å². The monoisotopic (exact) mass is 321 g/mol. The van der Waals surface area contributed by atoms with Gasteiger partial charge in [-0.05, 0) is 25.0 Å². The van der Waals surface area contributed by atoms with Gasteiger partial charge in [-0.3, -0.25) is 9.52 Å². The van der Waals surface area contributed by atoms with Gasteiger partial charge in [0, 0.05) is 6.42 Å². The Labute approximate surface area is 120 Å². The Morgan fingerprint density at radius 1 is 1.45 bits per heavy atom. The SMILES string of the molecule is COC(=O)CCCS(=O)(=O)Nc1cc(C)c(C(=O)O)s1. The lowest BCUT2D eigenvalue weighted by Gasteiger charge is -2.05. The minimum absolute atomic E-state index is 0.0151. The molecule has 0 bridgehead atoms. The zero-order valence-corrected chi connectivity index (χ0v) is 12.6. The number of aromatic carboxylic acids is 1. The lowest BCUT2D eigenvalue weighted by Crippen LogP contribution is -2.17. The molecule has 0 aromatic carbocycles. The van der Waals surface area contributed by atoms with E-state index in [1.54, 1.807) is 6.92 Å². The fourth-order valence-electron chi connectivity index (χ4n) is 1.46. The zero-order chi connectivity index (χ0) is 15.3. The Hall–Kier alpha value is -1.61. The summed E-state index contributed by atoms with van der Waals surface area (Å²) in [5.41, 5.74) is 0.495. The number of hydrogen-bond donors (Lipinski definition) is 2. The smallest absolute Gasteiger partial charge is 0.346 e. The predicted molar refractivity (Wildman–Crippen MR) is 74.7 cm³/mol. The molecule has 1 aromatic heterocycles. The number of hydrogen-bond acceptors (Lipinski definition) is 6. The third-order valence-electron chi connectivity index (χ3n) is 2.39. The summed E-state index contributed by atoms with van der Waals surface area (Å²) in [4.78, 5) is 21.8. The van der Waals surface area contributed by atoms with Crippen molar-refractivity contribution in [2.75, 3.05) is 17.6 Å². The van der Waals surface area contributed by atoms with E-state index in [2.05, 4.69) is 9.46 Å². The highest BCUT2D eigenvalue weighted by Gasteiger charge is 2.17. The molecule has 9 heteroatoms. The molecular weight excluding hydrogens is 306 g/mol. The van der Waals surface area contributed by atoms with Crippen LogP contribution in [0.5, 0.6) is 0 Å². The standard InChI is InChI=1S/C11H15NO6S2/c1-7-6-8(19-10(7)11(14)15)12-20(16,17)5-3-4-9(13)18-2/h6,12H,3-5H2,1-2H3,(H,14,15). The van der Waals surface area contributed by atoms with E-state index in [4.69, 9.17) is 5.11 Å². The van der Waals surface area contributed by atoms with Gasteiger partial charge in [0.2, 0.25) is 10.0 Å². The van der Waals surface area contributed by atoms with E-state index in [9.17, 15) is 18.0 Å². The third-order valence-corrected chi connectivity index (χ3v) is 5.02. The summed E-state index contributed by atoms with van der Waals surface area (Å²) >= 11 is 0.857. The van der Waals surface area contributed by atoms with Crippen molar-refractivity contribution in [2.24, 2.45) is 0 Å². The summed E-state index contributed by atoms with van der Waals surface area (Å²) in [6.45, 7) is 1.59. The van der Waals surface area contributed by atoms with Crippen LogP contribution in [0.25, 0.3) is 0 Å². The molecular formula is C11H15NO6S2. The van der Waals surface area contributed by atoms with Gasteiger partial charge in [-0.2, -0.15) is 0 Å². The predicted octanol–water partition coefficient (Wildman–Crippen LogP) is 1.45. The molecule has 0 aliphatic rings. The van der Waals surface area contributed by atoms with Crippen molar-refractivity contribution < 1.29 is 27.9 Å². The van der Waals surface area contributed by atoms with E-state index in [1.807, 2.05) is 0 Å². The van der Waals surface area contributed by atoms with Crippen molar-refractivity contribution in [1.82, 2.24) is 0 Å². The second-order valence-electron chi connectivity index (χ2n) is 4.03. The molecule has 1 heterocycles. The largest absolute Gasteiger partial charge is 0.477 e. The highest BCUT2D eigenvalue weighted by molar-refractivity contribution is 7.92. The van der Waals surface area contributed by atoms with E-state index in [0.717, 1.165) is 11.3 Å². The number of rotatable bonds is 7. The van der Waals surface area contributed by atoms with Crippen LogP contribution in [-0.4, -0.2) is 38.3 Å². The Balaban J connectivity index is 2.64. The number of aryl methyl sites for hydroxylation is 1. The van der Waals surface area contributed by atoms with Crippen LogP contribution in [0.3, 0.4) is 0 Å². The number of carboxylic acid groups (broad SMARTS) is 1. The summed E-state index contributed by atoms with van der Waals surface area (Å²) in [6, 6.07) is 1.46. The number of carbonyl (C=O) groups is 2.